The van der Waals surface area contributed by atoms with E-state index in [9.17, 15) is 9.59 Å². The molecule has 6 nitrogen and oxygen atoms in total. The van der Waals surface area contributed by atoms with Crippen molar-refractivity contribution in [1.82, 2.24) is 4.90 Å². The first kappa shape index (κ1) is 21.8. The summed E-state index contributed by atoms with van der Waals surface area (Å²) >= 11 is 0. The van der Waals surface area contributed by atoms with E-state index >= 15 is 0 Å². The molecule has 2 N–H and O–H groups in total. The highest BCUT2D eigenvalue weighted by Gasteiger charge is 2.28. The number of amides is 1. The van der Waals surface area contributed by atoms with Gasteiger partial charge in [0.25, 0.3) is 0 Å². The van der Waals surface area contributed by atoms with E-state index in [2.05, 4.69) is 4.90 Å². The monoisotopic (exact) mass is 409 g/mol. The summed E-state index contributed by atoms with van der Waals surface area (Å²) in [5.41, 5.74) is 8.47. The van der Waals surface area contributed by atoms with Crippen molar-refractivity contribution >= 4 is 17.6 Å². The number of ether oxygens (including phenoxy) is 1. The van der Waals surface area contributed by atoms with Crippen LogP contribution in [0.15, 0.2) is 54.6 Å². The third kappa shape index (κ3) is 5.39. The molecule has 0 saturated carbocycles. The average molecular weight is 410 g/mol. The fraction of sp³-hybridized carbons (Fsp3) is 0.417. The highest BCUT2D eigenvalue weighted by atomic mass is 16.6. The van der Waals surface area contributed by atoms with Gasteiger partial charge in [0.05, 0.1) is 6.04 Å². The summed E-state index contributed by atoms with van der Waals surface area (Å²) in [4.78, 5) is 28.8. The van der Waals surface area contributed by atoms with E-state index in [1.807, 2.05) is 75.4 Å². The molecule has 6 heteroatoms. The summed E-state index contributed by atoms with van der Waals surface area (Å²) < 4.78 is 5.42. The number of anilines is 1. The SMILES string of the molecule is CC(C)(C)C(N)C(=O)c1ccc(N2CCN(C(=O)OCc3ccccc3)CC2)cc1. The Morgan fingerprint density at radius 2 is 1.57 bits per heavy atom. The molecular formula is C24H31N3O3. The largest absolute Gasteiger partial charge is 0.445 e. The van der Waals surface area contributed by atoms with Gasteiger partial charge in [-0.2, -0.15) is 0 Å². The van der Waals surface area contributed by atoms with Crippen molar-refractivity contribution in [3.63, 3.8) is 0 Å². The first-order valence-electron chi connectivity index (χ1n) is 10.4. The molecule has 2 aromatic rings. The Hall–Kier alpha value is -2.86. The molecule has 0 radical (unpaired) electrons. The molecule has 160 valence electrons. The number of nitrogens with two attached hydrogens (primary N) is 1. The first-order chi connectivity index (χ1) is 14.3. The van der Waals surface area contributed by atoms with Gasteiger partial charge in [-0.25, -0.2) is 4.79 Å². The zero-order chi connectivity index (χ0) is 21.7. The maximum atomic E-state index is 12.6. The number of rotatable bonds is 5. The first-order valence-corrected chi connectivity index (χ1v) is 10.4. The number of ketones is 1. The maximum Gasteiger partial charge on any atom is 0.410 e. The van der Waals surface area contributed by atoms with Crippen molar-refractivity contribution < 1.29 is 14.3 Å². The third-order valence-electron chi connectivity index (χ3n) is 5.48. The maximum absolute atomic E-state index is 12.6. The van der Waals surface area contributed by atoms with Gasteiger partial charge in [0.1, 0.15) is 6.61 Å². The van der Waals surface area contributed by atoms with Crippen molar-refractivity contribution in [3.05, 3.63) is 65.7 Å². The van der Waals surface area contributed by atoms with Crippen LogP contribution in [0.2, 0.25) is 0 Å². The van der Waals surface area contributed by atoms with Crippen LogP contribution in [0.25, 0.3) is 0 Å². The predicted octanol–water partition coefficient (Wildman–Crippen LogP) is 3.70. The van der Waals surface area contributed by atoms with Crippen LogP contribution in [0, 0.1) is 5.41 Å². The lowest BCUT2D eigenvalue weighted by atomic mass is 9.83. The van der Waals surface area contributed by atoms with E-state index in [1.165, 1.54) is 0 Å². The molecule has 1 saturated heterocycles. The Labute approximate surface area is 178 Å². The fourth-order valence-electron chi connectivity index (χ4n) is 3.37. The van der Waals surface area contributed by atoms with Gasteiger partial charge in [0.2, 0.25) is 0 Å². The zero-order valence-electron chi connectivity index (χ0n) is 18.0. The van der Waals surface area contributed by atoms with Crippen LogP contribution in [0.4, 0.5) is 10.5 Å². The van der Waals surface area contributed by atoms with Crippen LogP contribution in [0.1, 0.15) is 36.7 Å². The topological polar surface area (TPSA) is 75.9 Å². The Morgan fingerprint density at radius 1 is 0.967 bits per heavy atom. The van der Waals surface area contributed by atoms with Crippen molar-refractivity contribution in [3.8, 4) is 0 Å². The van der Waals surface area contributed by atoms with Crippen molar-refractivity contribution in [1.29, 1.82) is 0 Å². The fourth-order valence-corrected chi connectivity index (χ4v) is 3.37. The second-order valence-corrected chi connectivity index (χ2v) is 8.77. The number of benzene rings is 2. The molecule has 1 aliphatic heterocycles. The van der Waals surface area contributed by atoms with Crippen molar-refractivity contribution in [2.24, 2.45) is 11.1 Å². The van der Waals surface area contributed by atoms with Crippen LogP contribution in [0.3, 0.4) is 0 Å². The number of Topliss-reactive ketones (excluding diaryl/α,β-unsaturated/α-hetero) is 1. The molecule has 3 rings (SSSR count). The number of nitrogens with zero attached hydrogens (tertiary/aromatic N) is 2. The quantitative estimate of drug-likeness (QED) is 0.762. The van der Waals surface area contributed by atoms with Gasteiger partial charge in [-0.15, -0.1) is 0 Å². The molecule has 0 spiro atoms. The smallest absolute Gasteiger partial charge is 0.410 e. The summed E-state index contributed by atoms with van der Waals surface area (Å²) in [6.07, 6.45) is -0.282. The lowest BCUT2D eigenvalue weighted by Gasteiger charge is -2.35. The Morgan fingerprint density at radius 3 is 2.13 bits per heavy atom. The molecule has 0 aromatic heterocycles. The second kappa shape index (κ2) is 9.30. The molecule has 0 bridgehead atoms. The van der Waals surface area contributed by atoms with Crippen LogP contribution < -0.4 is 10.6 Å². The highest BCUT2D eigenvalue weighted by Crippen LogP contribution is 2.23. The van der Waals surface area contributed by atoms with Crippen LogP contribution in [0.5, 0.6) is 0 Å². The van der Waals surface area contributed by atoms with Gasteiger partial charge in [-0.05, 0) is 35.2 Å². The van der Waals surface area contributed by atoms with Gasteiger partial charge in [0, 0.05) is 37.4 Å². The van der Waals surface area contributed by atoms with E-state index in [0.29, 0.717) is 18.7 Å². The molecule has 1 aliphatic rings. The van der Waals surface area contributed by atoms with Crippen LogP contribution in [-0.4, -0.2) is 49.0 Å². The zero-order valence-corrected chi connectivity index (χ0v) is 18.0. The molecular weight excluding hydrogens is 378 g/mol. The van der Waals surface area contributed by atoms with Crippen LogP contribution >= 0.6 is 0 Å². The minimum atomic E-state index is -0.534. The molecule has 0 aliphatic carbocycles. The highest BCUT2D eigenvalue weighted by molar-refractivity contribution is 6.00. The van der Waals surface area contributed by atoms with Gasteiger partial charge >= 0.3 is 6.09 Å². The van der Waals surface area contributed by atoms with E-state index in [-0.39, 0.29) is 23.9 Å². The summed E-state index contributed by atoms with van der Waals surface area (Å²) in [5.74, 6) is -0.0416. The van der Waals surface area contributed by atoms with E-state index in [0.717, 1.165) is 24.3 Å². The van der Waals surface area contributed by atoms with Gasteiger partial charge in [-0.1, -0.05) is 51.1 Å². The second-order valence-electron chi connectivity index (χ2n) is 8.77. The normalized spacial score (nSPS) is 15.6. The summed E-state index contributed by atoms with van der Waals surface area (Å²) in [6, 6.07) is 16.7. The number of carbonyl (C=O) groups is 2. The van der Waals surface area contributed by atoms with E-state index in [4.69, 9.17) is 10.5 Å². The molecule has 1 unspecified atom stereocenters. The molecule has 1 atom stereocenters. The third-order valence-corrected chi connectivity index (χ3v) is 5.48. The number of hydrogen-bond donors (Lipinski definition) is 1. The lowest BCUT2D eigenvalue weighted by molar-refractivity contribution is 0.0899. The Balaban J connectivity index is 1.51. The standard InChI is InChI=1S/C24H31N3O3/c1-24(2,3)22(25)21(28)19-9-11-20(12-10-19)26-13-15-27(16-14-26)23(29)30-17-18-7-5-4-6-8-18/h4-12,22H,13-17,25H2,1-3H3. The minimum absolute atomic E-state index is 0.0416. The van der Waals surface area contributed by atoms with Gasteiger partial charge in [-0.3, -0.25) is 4.79 Å². The van der Waals surface area contributed by atoms with Gasteiger partial charge < -0.3 is 20.3 Å². The lowest BCUT2D eigenvalue weighted by Crippen LogP contribution is -2.49. The molecule has 1 heterocycles. The Kier molecular flexibility index (Phi) is 6.77. The summed E-state index contributed by atoms with van der Waals surface area (Å²) in [5, 5.41) is 0. The van der Waals surface area contributed by atoms with Crippen LogP contribution in [-0.2, 0) is 11.3 Å². The van der Waals surface area contributed by atoms with Crippen molar-refractivity contribution in [2.75, 3.05) is 31.1 Å². The predicted molar refractivity (Wildman–Crippen MR) is 119 cm³/mol. The van der Waals surface area contributed by atoms with E-state index in [1.54, 1.807) is 4.90 Å². The van der Waals surface area contributed by atoms with E-state index < -0.39 is 6.04 Å². The number of carbonyl (C=O) groups excluding carboxylic acids is 2. The minimum Gasteiger partial charge on any atom is -0.445 e. The summed E-state index contributed by atoms with van der Waals surface area (Å²) in [6.45, 7) is 8.82. The van der Waals surface area contributed by atoms with Gasteiger partial charge in [0.15, 0.2) is 5.78 Å². The molecule has 1 amide bonds. The molecule has 30 heavy (non-hydrogen) atoms. The Bertz CT molecular complexity index is 852. The summed E-state index contributed by atoms with van der Waals surface area (Å²) in [7, 11) is 0. The average Bonchev–Trinajstić information content (AvgIpc) is 2.77. The molecule has 2 aromatic carbocycles. The molecule has 1 fully saturated rings. The number of piperazine rings is 1. The van der Waals surface area contributed by atoms with Crippen molar-refractivity contribution in [2.45, 2.75) is 33.4 Å². The number of hydrogen-bond acceptors (Lipinski definition) is 5.